The standard InChI is InChI=1S/C13H22BrN3/c1-9(2)12-8-11(5)15-13(16-12)17(7-6-14)10(3)4/h8-10H,6-7H2,1-5H3. The van der Waals surface area contributed by atoms with Gasteiger partial charge < -0.3 is 4.90 Å². The van der Waals surface area contributed by atoms with E-state index in [2.05, 4.69) is 64.6 Å². The zero-order valence-corrected chi connectivity index (χ0v) is 13.0. The van der Waals surface area contributed by atoms with Crippen LogP contribution in [0.25, 0.3) is 0 Å². The molecule has 0 unspecified atom stereocenters. The summed E-state index contributed by atoms with van der Waals surface area (Å²) in [6.07, 6.45) is 0. The van der Waals surface area contributed by atoms with Gasteiger partial charge >= 0.3 is 0 Å². The number of rotatable bonds is 5. The van der Waals surface area contributed by atoms with Crippen LogP contribution in [0.2, 0.25) is 0 Å². The van der Waals surface area contributed by atoms with Crippen LogP contribution in [-0.4, -0.2) is 27.9 Å². The highest BCUT2D eigenvalue weighted by molar-refractivity contribution is 9.09. The smallest absolute Gasteiger partial charge is 0.226 e. The molecule has 0 aliphatic carbocycles. The molecule has 1 rings (SSSR count). The molecule has 1 aromatic heterocycles. The lowest BCUT2D eigenvalue weighted by atomic mass is 10.1. The summed E-state index contributed by atoms with van der Waals surface area (Å²) in [5, 5.41) is 0.930. The number of anilines is 1. The fourth-order valence-electron chi connectivity index (χ4n) is 1.68. The van der Waals surface area contributed by atoms with Gasteiger partial charge in [0.15, 0.2) is 0 Å². The maximum Gasteiger partial charge on any atom is 0.226 e. The van der Waals surface area contributed by atoms with Crippen molar-refractivity contribution in [3.63, 3.8) is 0 Å². The number of aryl methyl sites for hydroxylation is 1. The van der Waals surface area contributed by atoms with Gasteiger partial charge in [0.2, 0.25) is 5.95 Å². The van der Waals surface area contributed by atoms with Crippen LogP contribution in [0.15, 0.2) is 6.07 Å². The van der Waals surface area contributed by atoms with Gasteiger partial charge in [0, 0.05) is 29.3 Å². The molecule has 0 fully saturated rings. The third-order valence-electron chi connectivity index (χ3n) is 2.66. The molecule has 96 valence electrons. The number of hydrogen-bond donors (Lipinski definition) is 0. The highest BCUT2D eigenvalue weighted by atomic mass is 79.9. The summed E-state index contributed by atoms with van der Waals surface area (Å²) in [7, 11) is 0. The van der Waals surface area contributed by atoms with Crippen molar-refractivity contribution in [1.29, 1.82) is 0 Å². The molecule has 0 radical (unpaired) electrons. The van der Waals surface area contributed by atoms with Crippen molar-refractivity contribution in [1.82, 2.24) is 9.97 Å². The monoisotopic (exact) mass is 299 g/mol. The molecule has 17 heavy (non-hydrogen) atoms. The van der Waals surface area contributed by atoms with Crippen LogP contribution in [0.1, 0.15) is 45.0 Å². The Hall–Kier alpha value is -0.640. The Labute approximate surface area is 113 Å². The Bertz CT molecular complexity index is 364. The van der Waals surface area contributed by atoms with Crippen molar-refractivity contribution in [2.45, 2.75) is 46.6 Å². The van der Waals surface area contributed by atoms with E-state index in [1.54, 1.807) is 0 Å². The van der Waals surface area contributed by atoms with Gasteiger partial charge in [-0.25, -0.2) is 9.97 Å². The van der Waals surface area contributed by atoms with E-state index in [0.29, 0.717) is 12.0 Å². The number of nitrogens with zero attached hydrogens (tertiary/aromatic N) is 3. The van der Waals surface area contributed by atoms with Crippen LogP contribution < -0.4 is 4.90 Å². The zero-order valence-electron chi connectivity index (χ0n) is 11.4. The molecule has 1 heterocycles. The fourth-order valence-corrected chi connectivity index (χ4v) is 2.06. The zero-order chi connectivity index (χ0) is 13.0. The van der Waals surface area contributed by atoms with E-state index in [0.717, 1.165) is 29.2 Å². The third kappa shape index (κ3) is 3.95. The summed E-state index contributed by atoms with van der Waals surface area (Å²) >= 11 is 3.48. The van der Waals surface area contributed by atoms with E-state index in [4.69, 9.17) is 0 Å². The lowest BCUT2D eigenvalue weighted by Crippen LogP contribution is -2.34. The second kappa shape index (κ2) is 6.34. The normalized spacial score (nSPS) is 11.3. The van der Waals surface area contributed by atoms with Gasteiger partial charge in [-0.1, -0.05) is 29.8 Å². The molecule has 0 saturated carbocycles. The first-order chi connectivity index (χ1) is 7.95. The van der Waals surface area contributed by atoms with Gasteiger partial charge in [-0.15, -0.1) is 0 Å². The van der Waals surface area contributed by atoms with E-state index in [-0.39, 0.29) is 0 Å². The van der Waals surface area contributed by atoms with Gasteiger partial charge in [0.25, 0.3) is 0 Å². The molecular weight excluding hydrogens is 278 g/mol. The fraction of sp³-hybridized carbons (Fsp3) is 0.692. The molecular formula is C13H22BrN3. The van der Waals surface area contributed by atoms with Gasteiger partial charge in [0.05, 0.1) is 0 Å². The van der Waals surface area contributed by atoms with Gasteiger partial charge in [-0.3, -0.25) is 0 Å². The average molecular weight is 300 g/mol. The number of hydrogen-bond acceptors (Lipinski definition) is 3. The van der Waals surface area contributed by atoms with Crippen LogP contribution in [0.4, 0.5) is 5.95 Å². The van der Waals surface area contributed by atoms with Crippen molar-refractivity contribution in [3.8, 4) is 0 Å². The molecule has 0 aromatic carbocycles. The summed E-state index contributed by atoms with van der Waals surface area (Å²) in [5.41, 5.74) is 2.16. The summed E-state index contributed by atoms with van der Waals surface area (Å²) in [6.45, 7) is 11.6. The molecule has 0 aliphatic rings. The van der Waals surface area contributed by atoms with E-state index in [1.165, 1.54) is 0 Å². The maximum absolute atomic E-state index is 4.67. The van der Waals surface area contributed by atoms with Gasteiger partial charge in [0.1, 0.15) is 0 Å². The van der Waals surface area contributed by atoms with E-state index < -0.39 is 0 Å². The molecule has 0 atom stereocenters. The number of halogens is 1. The lowest BCUT2D eigenvalue weighted by molar-refractivity contribution is 0.674. The van der Waals surface area contributed by atoms with Crippen molar-refractivity contribution in [2.75, 3.05) is 16.8 Å². The van der Waals surface area contributed by atoms with Crippen molar-refractivity contribution in [2.24, 2.45) is 0 Å². The second-order valence-electron chi connectivity index (χ2n) is 4.87. The van der Waals surface area contributed by atoms with Crippen molar-refractivity contribution in [3.05, 3.63) is 17.5 Å². The molecule has 0 N–H and O–H groups in total. The van der Waals surface area contributed by atoms with Crippen molar-refractivity contribution >= 4 is 21.9 Å². The number of aromatic nitrogens is 2. The van der Waals surface area contributed by atoms with Gasteiger partial charge in [-0.05, 0) is 32.8 Å². The Kier molecular flexibility index (Phi) is 5.37. The quantitative estimate of drug-likeness (QED) is 0.779. The maximum atomic E-state index is 4.67. The summed E-state index contributed by atoms with van der Waals surface area (Å²) in [6, 6.07) is 2.48. The third-order valence-corrected chi connectivity index (χ3v) is 3.01. The minimum absolute atomic E-state index is 0.411. The van der Waals surface area contributed by atoms with E-state index >= 15 is 0 Å². The highest BCUT2D eigenvalue weighted by Gasteiger charge is 2.15. The Morgan fingerprint density at radius 3 is 2.35 bits per heavy atom. The SMILES string of the molecule is Cc1cc(C(C)C)nc(N(CCBr)C(C)C)n1. The Balaban J connectivity index is 3.10. The molecule has 0 bridgehead atoms. The molecule has 0 amide bonds. The lowest BCUT2D eigenvalue weighted by Gasteiger charge is -2.26. The minimum Gasteiger partial charge on any atom is -0.338 e. The largest absolute Gasteiger partial charge is 0.338 e. The minimum atomic E-state index is 0.411. The predicted octanol–water partition coefficient (Wildman–Crippen LogP) is 3.52. The van der Waals surface area contributed by atoms with E-state index in [1.807, 2.05) is 6.92 Å². The molecule has 0 aliphatic heterocycles. The van der Waals surface area contributed by atoms with Crippen LogP contribution in [-0.2, 0) is 0 Å². The van der Waals surface area contributed by atoms with Crippen LogP contribution in [0.3, 0.4) is 0 Å². The second-order valence-corrected chi connectivity index (χ2v) is 5.66. The number of alkyl halides is 1. The van der Waals surface area contributed by atoms with Crippen LogP contribution in [0.5, 0.6) is 0 Å². The summed E-state index contributed by atoms with van der Waals surface area (Å²) in [5.74, 6) is 1.29. The average Bonchev–Trinajstić information content (AvgIpc) is 2.24. The highest BCUT2D eigenvalue weighted by Crippen LogP contribution is 2.18. The Morgan fingerprint density at radius 1 is 1.24 bits per heavy atom. The molecule has 4 heteroatoms. The molecule has 1 aromatic rings. The summed E-state index contributed by atoms with van der Waals surface area (Å²) < 4.78 is 0. The Morgan fingerprint density at radius 2 is 1.88 bits per heavy atom. The first-order valence-electron chi connectivity index (χ1n) is 6.14. The molecule has 0 spiro atoms. The first kappa shape index (κ1) is 14.4. The van der Waals surface area contributed by atoms with Crippen molar-refractivity contribution < 1.29 is 0 Å². The first-order valence-corrected chi connectivity index (χ1v) is 7.26. The van der Waals surface area contributed by atoms with E-state index in [9.17, 15) is 0 Å². The van der Waals surface area contributed by atoms with Crippen LogP contribution >= 0.6 is 15.9 Å². The van der Waals surface area contributed by atoms with Crippen LogP contribution in [0, 0.1) is 6.92 Å². The summed E-state index contributed by atoms with van der Waals surface area (Å²) in [4.78, 5) is 11.4. The molecule has 0 saturated heterocycles. The molecule has 3 nitrogen and oxygen atoms in total. The topological polar surface area (TPSA) is 29.0 Å². The van der Waals surface area contributed by atoms with Gasteiger partial charge in [-0.2, -0.15) is 0 Å². The predicted molar refractivity (Wildman–Crippen MR) is 77.1 cm³/mol.